The van der Waals surface area contributed by atoms with Crippen LogP contribution in [-0.4, -0.2) is 61.0 Å². The van der Waals surface area contributed by atoms with Gasteiger partial charge in [0.05, 0.1) is 42.8 Å². The van der Waals surface area contributed by atoms with Crippen molar-refractivity contribution >= 4 is 51.7 Å². The van der Waals surface area contributed by atoms with E-state index in [9.17, 15) is 33.6 Å². The first-order valence-electron chi connectivity index (χ1n) is 22.4. The summed E-state index contributed by atoms with van der Waals surface area (Å²) in [4.78, 5) is 90.5. The van der Waals surface area contributed by atoms with Gasteiger partial charge in [0, 0.05) is 53.9 Å². The maximum Gasteiger partial charge on any atom is 0.343 e. The zero-order valence-electron chi connectivity index (χ0n) is 36.8. The van der Waals surface area contributed by atoms with Crippen LogP contribution in [0.2, 0.25) is 0 Å². The number of nitrogens with zero attached hydrogens (tertiary/aromatic N) is 1. The minimum Gasteiger partial charge on any atom is -0.494 e. The Balaban J connectivity index is 0.681. The molecule has 2 bridgehead atoms. The van der Waals surface area contributed by atoms with Gasteiger partial charge in [0.1, 0.15) is 34.2 Å². The first-order valence-corrected chi connectivity index (χ1v) is 22.4. The van der Waals surface area contributed by atoms with Crippen molar-refractivity contribution in [3.63, 3.8) is 0 Å². The van der Waals surface area contributed by atoms with Gasteiger partial charge in [-0.1, -0.05) is 13.8 Å². The van der Waals surface area contributed by atoms with Crippen molar-refractivity contribution in [2.75, 3.05) is 26.4 Å². The fourth-order valence-corrected chi connectivity index (χ4v) is 10.1. The SMILES string of the molecule is CC1C(=O)N(CCCOc2ccc(C(=O)Oc3ccc4ccc(=O)oc4c3)cc2)C(=O)C1C1C(C)[C@@H]2C[C@H]1CC2C(=O)OCCCOc1ccc(C(=O)Oc2ccc3ccc(=O)oc3c2)cc1. The van der Waals surface area contributed by atoms with Crippen LogP contribution in [0.25, 0.3) is 21.9 Å². The molecule has 9 rings (SSSR count). The summed E-state index contributed by atoms with van der Waals surface area (Å²) in [6.07, 6.45) is 2.32. The molecule has 2 aliphatic carbocycles. The fraction of sp³-hybridized carbons (Fsp3) is 0.327. The molecule has 0 N–H and O–H groups in total. The van der Waals surface area contributed by atoms with Crippen LogP contribution in [0.3, 0.4) is 0 Å². The molecular formula is C52H47NO14. The molecule has 1 aliphatic heterocycles. The number of esters is 3. The number of amides is 2. The highest BCUT2D eigenvalue weighted by Crippen LogP contribution is 2.59. The summed E-state index contributed by atoms with van der Waals surface area (Å²) >= 11 is 0. The Bertz CT molecular complexity index is 2970. The van der Waals surface area contributed by atoms with E-state index in [0.717, 1.165) is 6.42 Å². The first-order chi connectivity index (χ1) is 32.4. The second kappa shape index (κ2) is 19.1. The average molecular weight is 910 g/mol. The molecular weight excluding hydrogens is 863 g/mol. The number of hydrogen-bond acceptors (Lipinski definition) is 14. The van der Waals surface area contributed by atoms with Gasteiger partial charge in [-0.3, -0.25) is 19.3 Å². The van der Waals surface area contributed by atoms with Crippen molar-refractivity contribution in [3.8, 4) is 23.0 Å². The van der Waals surface area contributed by atoms with Crippen LogP contribution in [0.1, 0.15) is 60.2 Å². The number of benzene rings is 4. The van der Waals surface area contributed by atoms with Crippen LogP contribution in [-0.2, 0) is 19.1 Å². The molecule has 15 heteroatoms. The highest BCUT2D eigenvalue weighted by atomic mass is 16.5. The lowest BCUT2D eigenvalue weighted by Crippen LogP contribution is -2.40. The molecule has 67 heavy (non-hydrogen) atoms. The van der Waals surface area contributed by atoms with Crippen LogP contribution in [0.15, 0.2) is 128 Å². The maximum absolute atomic E-state index is 13.9. The van der Waals surface area contributed by atoms with E-state index in [1.165, 1.54) is 29.2 Å². The number of carbonyl (C=O) groups is 5. The Hall–Kier alpha value is -7.55. The number of rotatable bonds is 16. The summed E-state index contributed by atoms with van der Waals surface area (Å²) in [5, 5.41) is 1.40. The van der Waals surface area contributed by atoms with E-state index in [1.54, 1.807) is 84.9 Å². The van der Waals surface area contributed by atoms with Crippen molar-refractivity contribution in [2.45, 2.75) is 39.5 Å². The number of likely N-dealkylation sites (tertiary alicyclic amines) is 1. The van der Waals surface area contributed by atoms with Crippen LogP contribution >= 0.6 is 0 Å². The topological polar surface area (TPSA) is 195 Å². The molecule has 3 heterocycles. The molecule has 4 aromatic carbocycles. The van der Waals surface area contributed by atoms with E-state index in [2.05, 4.69) is 6.92 Å². The molecule has 1 saturated heterocycles. The molecule has 0 spiro atoms. The molecule has 5 unspecified atom stereocenters. The lowest BCUT2D eigenvalue weighted by atomic mass is 9.67. The van der Waals surface area contributed by atoms with Crippen LogP contribution in [0, 0.1) is 41.4 Å². The van der Waals surface area contributed by atoms with Gasteiger partial charge >= 0.3 is 29.2 Å². The highest BCUT2D eigenvalue weighted by molar-refractivity contribution is 6.05. The number of hydrogen-bond donors (Lipinski definition) is 0. The van der Waals surface area contributed by atoms with E-state index in [-0.39, 0.29) is 85.2 Å². The Morgan fingerprint density at radius 3 is 1.64 bits per heavy atom. The minimum atomic E-state index is -0.596. The highest BCUT2D eigenvalue weighted by Gasteiger charge is 2.60. The van der Waals surface area contributed by atoms with E-state index in [0.29, 0.717) is 63.8 Å². The van der Waals surface area contributed by atoms with Crippen LogP contribution in [0.4, 0.5) is 0 Å². The summed E-state index contributed by atoms with van der Waals surface area (Å²) < 4.78 is 38.6. The summed E-state index contributed by atoms with van der Waals surface area (Å²) in [7, 11) is 0. The van der Waals surface area contributed by atoms with Gasteiger partial charge in [-0.2, -0.15) is 0 Å². The predicted octanol–water partition coefficient (Wildman–Crippen LogP) is 7.65. The average Bonchev–Trinajstić information content (AvgIpc) is 3.96. The Morgan fingerprint density at radius 2 is 1.10 bits per heavy atom. The monoisotopic (exact) mass is 909 g/mol. The first kappa shape index (κ1) is 44.6. The van der Waals surface area contributed by atoms with Gasteiger partial charge in [-0.25, -0.2) is 19.2 Å². The van der Waals surface area contributed by atoms with Crippen molar-refractivity contribution in [1.29, 1.82) is 0 Å². The van der Waals surface area contributed by atoms with Crippen LogP contribution in [0.5, 0.6) is 23.0 Å². The molecule has 3 aliphatic rings. The second-order valence-electron chi connectivity index (χ2n) is 17.4. The Morgan fingerprint density at radius 1 is 0.597 bits per heavy atom. The van der Waals surface area contributed by atoms with E-state index < -0.39 is 35.0 Å². The zero-order valence-corrected chi connectivity index (χ0v) is 36.8. The third-order valence-corrected chi connectivity index (χ3v) is 13.3. The fourth-order valence-electron chi connectivity index (χ4n) is 10.1. The molecule has 15 nitrogen and oxygen atoms in total. The van der Waals surface area contributed by atoms with Crippen molar-refractivity contribution in [1.82, 2.24) is 4.90 Å². The number of carbonyl (C=O) groups excluding carboxylic acids is 5. The van der Waals surface area contributed by atoms with Gasteiger partial charge in [-0.05, 0) is 128 Å². The minimum absolute atomic E-state index is 0.00154. The van der Waals surface area contributed by atoms with Gasteiger partial charge in [-0.15, -0.1) is 0 Å². The predicted molar refractivity (Wildman–Crippen MR) is 241 cm³/mol. The number of fused-ring (bicyclic) bond motifs is 4. The number of ether oxygens (including phenoxy) is 5. The second-order valence-corrected chi connectivity index (χ2v) is 17.4. The zero-order chi connectivity index (χ0) is 46.8. The largest absolute Gasteiger partial charge is 0.494 e. The quantitative estimate of drug-likeness (QED) is 0.0302. The smallest absolute Gasteiger partial charge is 0.343 e. The van der Waals surface area contributed by atoms with Crippen molar-refractivity contribution < 1.29 is 56.5 Å². The van der Waals surface area contributed by atoms with E-state index in [4.69, 9.17) is 32.5 Å². The van der Waals surface area contributed by atoms with Gasteiger partial charge < -0.3 is 32.5 Å². The molecule has 2 saturated carbocycles. The number of imide groups is 1. The maximum atomic E-state index is 13.9. The third kappa shape index (κ3) is 9.58. The lowest BCUT2D eigenvalue weighted by molar-refractivity contribution is -0.152. The summed E-state index contributed by atoms with van der Waals surface area (Å²) in [6.45, 7) is 4.86. The molecule has 6 aromatic rings. The third-order valence-electron chi connectivity index (χ3n) is 13.3. The molecule has 7 atom stereocenters. The normalized spacial score (nSPS) is 22.0. The van der Waals surface area contributed by atoms with Gasteiger partial charge in [0.25, 0.3) is 0 Å². The lowest BCUT2D eigenvalue weighted by Gasteiger charge is -2.36. The summed E-state index contributed by atoms with van der Waals surface area (Å²) in [6, 6.07) is 28.3. The molecule has 2 amide bonds. The van der Waals surface area contributed by atoms with E-state index >= 15 is 0 Å². The van der Waals surface area contributed by atoms with Gasteiger partial charge in [0.15, 0.2) is 0 Å². The van der Waals surface area contributed by atoms with Crippen molar-refractivity contribution in [2.24, 2.45) is 41.4 Å². The molecule has 2 aromatic heterocycles. The molecule has 344 valence electrons. The Kier molecular flexibility index (Phi) is 12.7. The molecule has 3 fully saturated rings. The van der Waals surface area contributed by atoms with Crippen LogP contribution < -0.4 is 30.2 Å². The molecule has 0 radical (unpaired) electrons. The van der Waals surface area contributed by atoms with E-state index in [1.807, 2.05) is 6.92 Å². The summed E-state index contributed by atoms with van der Waals surface area (Å²) in [5.41, 5.74) is 0.208. The van der Waals surface area contributed by atoms with Gasteiger partial charge in [0.2, 0.25) is 11.8 Å². The Labute approximate surface area is 383 Å². The summed E-state index contributed by atoms with van der Waals surface area (Å²) in [5.74, 6) is -1.15. The van der Waals surface area contributed by atoms with Crippen molar-refractivity contribution in [3.05, 3.63) is 141 Å². The standard InChI is InChI=1S/C52H47NO14/c1-29-40-25-35(26-41(40)52(60)63-24-4-23-62-37-15-9-34(10-16-37)51(59)65-39-18-6-32-12-20-45(55)67-43(32)28-39)46(29)47-30(2)48(56)53(49(47)57)21-3-22-61-36-13-7-33(8-14-36)50(58)64-38-17-5-31-11-19-44(54)66-42(31)27-38/h5-20,27-30,35,40-41,46-47H,3-4,21-26H2,1-2H3/t29?,30?,35-,40-,41?,46?,47?/m0/s1.